The maximum absolute atomic E-state index is 5.74. The van der Waals surface area contributed by atoms with Crippen LogP contribution in [0.3, 0.4) is 0 Å². The number of ether oxygens (including phenoxy) is 1. The monoisotopic (exact) mass is 226 g/mol. The van der Waals surface area contributed by atoms with Crippen molar-refractivity contribution in [3.63, 3.8) is 0 Å². The van der Waals surface area contributed by atoms with Crippen LogP contribution in [-0.4, -0.2) is 50.8 Å². The lowest BCUT2D eigenvalue weighted by Gasteiger charge is -2.30. The van der Waals surface area contributed by atoms with Gasteiger partial charge in [0, 0.05) is 19.6 Å². The van der Waals surface area contributed by atoms with Gasteiger partial charge in [-0.1, -0.05) is 19.8 Å². The molecule has 1 heterocycles. The lowest BCUT2D eigenvalue weighted by molar-refractivity contribution is -0.0184. The van der Waals surface area contributed by atoms with Crippen LogP contribution in [0.5, 0.6) is 0 Å². The maximum Gasteiger partial charge on any atom is 0.0826 e. The first-order valence-electron chi connectivity index (χ1n) is 6.76. The first kappa shape index (κ1) is 12.3. The molecule has 0 amide bonds. The molecule has 2 aliphatic rings. The summed E-state index contributed by atoms with van der Waals surface area (Å²) in [7, 11) is 2.18. The SMILES string of the molecule is CC1CCCC1CNCC1CN(C)CCO1. The maximum atomic E-state index is 5.74. The summed E-state index contributed by atoms with van der Waals surface area (Å²) in [4.78, 5) is 2.36. The Morgan fingerprint density at radius 1 is 1.31 bits per heavy atom. The summed E-state index contributed by atoms with van der Waals surface area (Å²) in [6, 6.07) is 0. The molecule has 1 aliphatic carbocycles. The van der Waals surface area contributed by atoms with E-state index in [0.717, 1.165) is 38.1 Å². The van der Waals surface area contributed by atoms with Gasteiger partial charge in [0.05, 0.1) is 12.7 Å². The number of hydrogen-bond donors (Lipinski definition) is 1. The fourth-order valence-corrected chi connectivity index (χ4v) is 2.95. The van der Waals surface area contributed by atoms with E-state index in [0.29, 0.717) is 6.10 Å². The average Bonchev–Trinajstić information content (AvgIpc) is 2.65. The highest BCUT2D eigenvalue weighted by Crippen LogP contribution is 2.30. The number of hydrogen-bond acceptors (Lipinski definition) is 3. The van der Waals surface area contributed by atoms with E-state index in [4.69, 9.17) is 4.74 Å². The summed E-state index contributed by atoms with van der Waals surface area (Å²) in [5.41, 5.74) is 0. The first-order chi connectivity index (χ1) is 7.75. The lowest BCUT2D eigenvalue weighted by Crippen LogP contribution is -2.45. The van der Waals surface area contributed by atoms with Crippen molar-refractivity contribution >= 4 is 0 Å². The Hall–Kier alpha value is -0.120. The van der Waals surface area contributed by atoms with Gasteiger partial charge in [0.25, 0.3) is 0 Å². The minimum absolute atomic E-state index is 0.399. The van der Waals surface area contributed by atoms with Crippen molar-refractivity contribution in [1.82, 2.24) is 10.2 Å². The molecule has 1 saturated carbocycles. The topological polar surface area (TPSA) is 24.5 Å². The second-order valence-electron chi connectivity index (χ2n) is 5.58. The molecule has 16 heavy (non-hydrogen) atoms. The van der Waals surface area contributed by atoms with E-state index in [2.05, 4.69) is 24.2 Å². The summed E-state index contributed by atoms with van der Waals surface area (Å²) in [5, 5.41) is 3.60. The van der Waals surface area contributed by atoms with Gasteiger partial charge in [-0.3, -0.25) is 0 Å². The molecule has 0 radical (unpaired) electrons. The highest BCUT2D eigenvalue weighted by atomic mass is 16.5. The summed E-state index contributed by atoms with van der Waals surface area (Å²) >= 11 is 0. The molecule has 1 saturated heterocycles. The van der Waals surface area contributed by atoms with Crippen molar-refractivity contribution in [2.24, 2.45) is 11.8 Å². The predicted octanol–water partition coefficient (Wildman–Crippen LogP) is 1.34. The molecule has 3 unspecified atom stereocenters. The van der Waals surface area contributed by atoms with Gasteiger partial charge >= 0.3 is 0 Å². The van der Waals surface area contributed by atoms with E-state index in [-0.39, 0.29) is 0 Å². The number of rotatable bonds is 4. The molecule has 3 atom stereocenters. The Labute approximate surface area is 99.5 Å². The van der Waals surface area contributed by atoms with E-state index in [1.54, 1.807) is 0 Å². The largest absolute Gasteiger partial charge is 0.374 e. The van der Waals surface area contributed by atoms with E-state index >= 15 is 0 Å². The molecule has 3 heteroatoms. The van der Waals surface area contributed by atoms with Crippen LogP contribution in [-0.2, 0) is 4.74 Å². The van der Waals surface area contributed by atoms with Crippen LogP contribution in [0.1, 0.15) is 26.2 Å². The molecule has 0 aromatic carbocycles. The quantitative estimate of drug-likeness (QED) is 0.783. The van der Waals surface area contributed by atoms with E-state index in [9.17, 15) is 0 Å². The zero-order chi connectivity index (χ0) is 11.4. The molecular formula is C13H26N2O. The number of likely N-dealkylation sites (N-methyl/N-ethyl adjacent to an activating group) is 1. The third-order valence-corrected chi connectivity index (χ3v) is 4.16. The number of morpholine rings is 1. The van der Waals surface area contributed by atoms with E-state index < -0.39 is 0 Å². The molecule has 1 aliphatic heterocycles. The van der Waals surface area contributed by atoms with Gasteiger partial charge in [-0.25, -0.2) is 0 Å². The van der Waals surface area contributed by atoms with E-state index in [1.165, 1.54) is 25.8 Å². The summed E-state index contributed by atoms with van der Waals surface area (Å²) in [6.07, 6.45) is 4.67. The fraction of sp³-hybridized carbons (Fsp3) is 1.00. The summed E-state index contributed by atoms with van der Waals surface area (Å²) in [6.45, 7) is 7.65. The Morgan fingerprint density at radius 2 is 2.19 bits per heavy atom. The van der Waals surface area contributed by atoms with Crippen LogP contribution in [0.15, 0.2) is 0 Å². The van der Waals surface area contributed by atoms with Crippen molar-refractivity contribution in [3.05, 3.63) is 0 Å². The molecule has 0 aromatic rings. The molecule has 2 fully saturated rings. The highest BCUT2D eigenvalue weighted by molar-refractivity contribution is 4.77. The molecular weight excluding hydrogens is 200 g/mol. The van der Waals surface area contributed by atoms with Gasteiger partial charge in [-0.2, -0.15) is 0 Å². The fourth-order valence-electron chi connectivity index (χ4n) is 2.95. The van der Waals surface area contributed by atoms with Crippen LogP contribution in [0.25, 0.3) is 0 Å². The number of nitrogens with zero attached hydrogens (tertiary/aromatic N) is 1. The summed E-state index contributed by atoms with van der Waals surface area (Å²) < 4.78 is 5.74. The third kappa shape index (κ3) is 3.44. The van der Waals surface area contributed by atoms with Crippen molar-refractivity contribution in [2.45, 2.75) is 32.3 Å². The molecule has 3 nitrogen and oxygen atoms in total. The molecule has 1 N–H and O–H groups in total. The van der Waals surface area contributed by atoms with Crippen LogP contribution in [0.2, 0.25) is 0 Å². The van der Waals surface area contributed by atoms with Gasteiger partial charge < -0.3 is 15.0 Å². The Kier molecular flexibility index (Phi) is 4.62. The minimum Gasteiger partial charge on any atom is -0.374 e. The van der Waals surface area contributed by atoms with E-state index in [1.807, 2.05) is 0 Å². The Bertz CT molecular complexity index is 210. The average molecular weight is 226 g/mol. The normalized spacial score (nSPS) is 36.8. The zero-order valence-electron chi connectivity index (χ0n) is 10.7. The molecule has 0 spiro atoms. The molecule has 2 rings (SSSR count). The third-order valence-electron chi connectivity index (χ3n) is 4.16. The van der Waals surface area contributed by atoms with Crippen molar-refractivity contribution in [3.8, 4) is 0 Å². The van der Waals surface area contributed by atoms with Crippen molar-refractivity contribution in [1.29, 1.82) is 0 Å². The molecule has 0 aromatic heterocycles. The highest BCUT2D eigenvalue weighted by Gasteiger charge is 2.23. The van der Waals surface area contributed by atoms with Gasteiger partial charge in [0.1, 0.15) is 0 Å². The number of nitrogens with one attached hydrogen (secondary N) is 1. The Morgan fingerprint density at radius 3 is 2.88 bits per heavy atom. The van der Waals surface area contributed by atoms with Crippen LogP contribution in [0, 0.1) is 11.8 Å². The smallest absolute Gasteiger partial charge is 0.0826 e. The van der Waals surface area contributed by atoms with Crippen LogP contribution in [0.4, 0.5) is 0 Å². The lowest BCUT2D eigenvalue weighted by atomic mass is 9.98. The summed E-state index contributed by atoms with van der Waals surface area (Å²) in [5.74, 6) is 1.82. The second kappa shape index (κ2) is 5.99. The van der Waals surface area contributed by atoms with Gasteiger partial charge in [-0.15, -0.1) is 0 Å². The first-order valence-corrected chi connectivity index (χ1v) is 6.76. The van der Waals surface area contributed by atoms with Crippen LogP contribution >= 0.6 is 0 Å². The standard InChI is InChI=1S/C13H26N2O/c1-11-4-3-5-12(11)8-14-9-13-10-15(2)6-7-16-13/h11-14H,3-10H2,1-2H3. The van der Waals surface area contributed by atoms with Crippen LogP contribution < -0.4 is 5.32 Å². The van der Waals surface area contributed by atoms with Gasteiger partial charge in [0.2, 0.25) is 0 Å². The van der Waals surface area contributed by atoms with Gasteiger partial charge in [-0.05, 0) is 31.8 Å². The van der Waals surface area contributed by atoms with Crippen molar-refractivity contribution in [2.75, 3.05) is 39.8 Å². The molecule has 94 valence electrons. The Balaban J connectivity index is 1.60. The molecule has 0 bridgehead atoms. The zero-order valence-corrected chi connectivity index (χ0v) is 10.7. The predicted molar refractivity (Wildman–Crippen MR) is 66.6 cm³/mol. The second-order valence-corrected chi connectivity index (χ2v) is 5.58. The van der Waals surface area contributed by atoms with Gasteiger partial charge in [0.15, 0.2) is 0 Å². The minimum atomic E-state index is 0.399. The van der Waals surface area contributed by atoms with Crippen molar-refractivity contribution < 1.29 is 4.74 Å².